The van der Waals surface area contributed by atoms with Crippen LogP contribution in [0, 0.1) is 0 Å². The van der Waals surface area contributed by atoms with E-state index in [0.29, 0.717) is 5.69 Å². The van der Waals surface area contributed by atoms with Gasteiger partial charge in [-0.2, -0.15) is 15.0 Å². The minimum Gasteiger partial charge on any atom is -0.312 e. The number of hydrogen-bond acceptors (Lipinski definition) is 4. The van der Waals surface area contributed by atoms with Crippen LogP contribution in [0.2, 0.25) is 0 Å². The number of aromatic nitrogens is 3. The van der Waals surface area contributed by atoms with E-state index in [9.17, 15) is 9.59 Å². The second-order valence-corrected chi connectivity index (χ2v) is 5.58. The highest BCUT2D eigenvalue weighted by Crippen LogP contribution is 2.30. The Morgan fingerprint density at radius 2 is 1.91 bits per heavy atom. The molecule has 7 heteroatoms. The molecular weight excluding hydrogens is 282 g/mol. The van der Waals surface area contributed by atoms with Gasteiger partial charge in [-0.25, -0.2) is 4.79 Å². The molecule has 7 nitrogen and oxygen atoms in total. The molecule has 1 aromatic heterocycles. The monoisotopic (exact) mass is 297 g/mol. The van der Waals surface area contributed by atoms with Crippen LogP contribution in [0.4, 0.5) is 4.79 Å². The van der Waals surface area contributed by atoms with Crippen LogP contribution in [0.15, 0.2) is 36.5 Å². The van der Waals surface area contributed by atoms with Crippen LogP contribution in [0.25, 0.3) is 5.69 Å². The van der Waals surface area contributed by atoms with Gasteiger partial charge in [0.2, 0.25) is 0 Å². The van der Waals surface area contributed by atoms with Crippen molar-refractivity contribution in [3.63, 3.8) is 0 Å². The Morgan fingerprint density at radius 1 is 1.14 bits per heavy atom. The number of urea groups is 1. The molecule has 2 aromatic rings. The topological polar surface area (TPSA) is 71.3 Å². The maximum absolute atomic E-state index is 12.3. The average molecular weight is 297 g/mol. The summed E-state index contributed by atoms with van der Waals surface area (Å²) >= 11 is 0. The quantitative estimate of drug-likeness (QED) is 0.795. The highest BCUT2D eigenvalue weighted by molar-refractivity contribution is 6.02. The van der Waals surface area contributed by atoms with E-state index in [0.717, 1.165) is 18.5 Å². The Balaban J connectivity index is 1.51. The van der Waals surface area contributed by atoms with Gasteiger partial charge in [0.25, 0.3) is 5.91 Å². The number of hydrogen-bond donors (Lipinski definition) is 0. The van der Waals surface area contributed by atoms with Gasteiger partial charge in [0, 0.05) is 6.04 Å². The summed E-state index contributed by atoms with van der Waals surface area (Å²) in [6.45, 7) is 0.365. The Bertz CT molecular complexity index is 723. The van der Waals surface area contributed by atoms with E-state index < -0.39 is 0 Å². The lowest BCUT2D eigenvalue weighted by Gasteiger charge is -2.15. The SMILES string of the molecule is O=C1CN(C2CC2)C(=O)N1Cc1cnn(-c2ccccc2)n1. The minimum absolute atomic E-state index is 0.161. The predicted octanol–water partition coefficient (Wildman–Crippen LogP) is 1.19. The summed E-state index contributed by atoms with van der Waals surface area (Å²) in [5, 5.41) is 8.53. The first-order chi connectivity index (χ1) is 10.7. The van der Waals surface area contributed by atoms with Crippen molar-refractivity contribution < 1.29 is 9.59 Å². The fourth-order valence-corrected chi connectivity index (χ4v) is 2.60. The maximum Gasteiger partial charge on any atom is 0.327 e. The van der Waals surface area contributed by atoms with Crippen molar-refractivity contribution in [3.05, 3.63) is 42.2 Å². The molecule has 1 aliphatic carbocycles. The van der Waals surface area contributed by atoms with Crippen LogP contribution in [-0.4, -0.2) is 49.3 Å². The van der Waals surface area contributed by atoms with E-state index in [-0.39, 0.29) is 31.1 Å². The van der Waals surface area contributed by atoms with Crippen molar-refractivity contribution in [2.45, 2.75) is 25.4 Å². The zero-order chi connectivity index (χ0) is 15.1. The lowest BCUT2D eigenvalue weighted by molar-refractivity contribution is -0.125. The Morgan fingerprint density at radius 3 is 2.64 bits per heavy atom. The molecule has 1 saturated carbocycles. The average Bonchev–Trinajstić information content (AvgIpc) is 3.21. The third kappa shape index (κ3) is 2.24. The number of benzene rings is 1. The Kier molecular flexibility index (Phi) is 2.92. The van der Waals surface area contributed by atoms with Crippen molar-refractivity contribution in [1.29, 1.82) is 0 Å². The second kappa shape index (κ2) is 4.94. The molecule has 0 unspecified atom stereocenters. The molecule has 3 amide bonds. The fraction of sp³-hybridized carbons (Fsp3) is 0.333. The zero-order valence-corrected chi connectivity index (χ0v) is 11.9. The molecule has 2 aliphatic rings. The molecule has 1 aromatic carbocycles. The van der Waals surface area contributed by atoms with Crippen LogP contribution in [0.5, 0.6) is 0 Å². The van der Waals surface area contributed by atoms with Gasteiger partial charge in [-0.05, 0) is 25.0 Å². The minimum atomic E-state index is -0.207. The van der Waals surface area contributed by atoms with E-state index in [1.165, 1.54) is 9.70 Å². The number of nitrogens with zero attached hydrogens (tertiary/aromatic N) is 5. The summed E-state index contributed by atoms with van der Waals surface area (Å²) in [4.78, 5) is 28.7. The lowest BCUT2D eigenvalue weighted by atomic mass is 10.3. The molecule has 4 rings (SSSR count). The number of para-hydroxylation sites is 1. The zero-order valence-electron chi connectivity index (χ0n) is 11.9. The molecule has 0 bridgehead atoms. The molecular formula is C15H15N5O2. The number of carbonyl (C=O) groups excluding carboxylic acids is 2. The Labute approximate surface area is 127 Å². The third-order valence-corrected chi connectivity index (χ3v) is 3.92. The van der Waals surface area contributed by atoms with E-state index >= 15 is 0 Å². The van der Waals surface area contributed by atoms with Crippen molar-refractivity contribution in [2.24, 2.45) is 0 Å². The smallest absolute Gasteiger partial charge is 0.312 e. The van der Waals surface area contributed by atoms with Crippen LogP contribution in [-0.2, 0) is 11.3 Å². The molecule has 0 N–H and O–H groups in total. The normalized spacial score (nSPS) is 18.4. The van der Waals surface area contributed by atoms with Gasteiger partial charge in [0.15, 0.2) is 0 Å². The number of imide groups is 1. The summed E-state index contributed by atoms with van der Waals surface area (Å²) in [6, 6.07) is 9.55. The Hall–Kier alpha value is -2.70. The van der Waals surface area contributed by atoms with Gasteiger partial charge < -0.3 is 4.90 Å². The third-order valence-electron chi connectivity index (χ3n) is 3.92. The van der Waals surface area contributed by atoms with Gasteiger partial charge in [0.05, 0.1) is 18.4 Å². The van der Waals surface area contributed by atoms with E-state index in [1.54, 1.807) is 11.1 Å². The highest BCUT2D eigenvalue weighted by atomic mass is 16.2. The van der Waals surface area contributed by atoms with Crippen molar-refractivity contribution >= 4 is 11.9 Å². The summed E-state index contributed by atoms with van der Waals surface area (Å²) in [6.07, 6.45) is 3.58. The summed E-state index contributed by atoms with van der Waals surface area (Å²) in [5.74, 6) is -0.161. The summed E-state index contributed by atoms with van der Waals surface area (Å²) in [5.41, 5.74) is 1.44. The first kappa shape index (κ1) is 13.0. The molecule has 22 heavy (non-hydrogen) atoms. The van der Waals surface area contributed by atoms with Gasteiger partial charge in [0.1, 0.15) is 12.2 Å². The highest BCUT2D eigenvalue weighted by Gasteiger charge is 2.43. The van der Waals surface area contributed by atoms with Gasteiger partial charge in [-0.15, -0.1) is 0 Å². The van der Waals surface area contributed by atoms with Gasteiger partial charge in [-0.3, -0.25) is 9.69 Å². The molecule has 0 atom stereocenters. The summed E-state index contributed by atoms with van der Waals surface area (Å²) in [7, 11) is 0. The first-order valence-electron chi connectivity index (χ1n) is 7.30. The lowest BCUT2D eigenvalue weighted by Crippen LogP contribution is -2.33. The molecule has 112 valence electrons. The molecule has 1 saturated heterocycles. The molecule has 2 heterocycles. The van der Waals surface area contributed by atoms with Crippen molar-refractivity contribution in [3.8, 4) is 5.69 Å². The summed E-state index contributed by atoms with van der Waals surface area (Å²) < 4.78 is 0. The fourth-order valence-electron chi connectivity index (χ4n) is 2.60. The standard InChI is InChI=1S/C15H15N5O2/c21-14-10-18(12-6-7-12)15(22)19(14)9-11-8-16-20(17-11)13-4-2-1-3-5-13/h1-5,8,12H,6-7,9-10H2. The number of rotatable bonds is 4. The molecule has 0 radical (unpaired) electrons. The van der Waals surface area contributed by atoms with E-state index in [2.05, 4.69) is 10.2 Å². The maximum atomic E-state index is 12.3. The number of carbonyl (C=O) groups is 2. The van der Waals surface area contributed by atoms with Crippen LogP contribution in [0.1, 0.15) is 18.5 Å². The van der Waals surface area contributed by atoms with E-state index in [4.69, 9.17) is 0 Å². The predicted molar refractivity (Wildman–Crippen MR) is 77.0 cm³/mol. The van der Waals surface area contributed by atoms with Crippen molar-refractivity contribution in [1.82, 2.24) is 24.8 Å². The molecule has 2 fully saturated rings. The van der Waals surface area contributed by atoms with Crippen LogP contribution in [0.3, 0.4) is 0 Å². The van der Waals surface area contributed by atoms with Crippen molar-refractivity contribution in [2.75, 3.05) is 6.54 Å². The van der Waals surface area contributed by atoms with Crippen LogP contribution < -0.4 is 0 Å². The van der Waals surface area contributed by atoms with E-state index in [1.807, 2.05) is 30.3 Å². The molecule has 0 spiro atoms. The molecule has 1 aliphatic heterocycles. The number of amides is 3. The van der Waals surface area contributed by atoms with Crippen LogP contribution >= 0.6 is 0 Å². The first-order valence-corrected chi connectivity index (χ1v) is 7.30. The van der Waals surface area contributed by atoms with Gasteiger partial charge in [-0.1, -0.05) is 18.2 Å². The largest absolute Gasteiger partial charge is 0.327 e. The second-order valence-electron chi connectivity index (χ2n) is 5.58. The van der Waals surface area contributed by atoms with Gasteiger partial charge >= 0.3 is 6.03 Å².